The fourth-order valence-electron chi connectivity index (χ4n) is 4.13. The molecule has 4 amide bonds. The molecule has 1 aromatic rings. The first kappa shape index (κ1) is 23.0. The molecule has 166 valence electrons. The molecule has 1 N–H and O–H groups in total. The molecule has 0 spiro atoms. The second-order valence-electron chi connectivity index (χ2n) is 7.95. The van der Waals surface area contributed by atoms with E-state index in [9.17, 15) is 19.2 Å². The molecule has 1 aromatic carbocycles. The maximum Gasteiger partial charge on any atom is 0.242 e. The van der Waals surface area contributed by atoms with Crippen molar-refractivity contribution >= 4 is 35.2 Å². The van der Waals surface area contributed by atoms with Crippen molar-refractivity contribution < 1.29 is 19.2 Å². The molecule has 1 saturated heterocycles. The standard InChI is InChI=1S/C23H28ClN3O4/c1-3-25-21(29)15(2)27(14-16-8-10-17(24)11-9-16)20(28)12-13-26-22(30)18-6-4-5-7-19(18)23(26)31/h4-5,8-11,15,18-19H,3,6-7,12-14H2,1-2H3,(H,25,29)/t15?,18-,19+. The molecular formula is C23H28ClN3O4. The maximum atomic E-state index is 13.1. The number of fused-ring (bicyclic) bond motifs is 1. The van der Waals surface area contributed by atoms with Gasteiger partial charge in [-0.2, -0.15) is 0 Å². The molecule has 1 unspecified atom stereocenters. The normalized spacial score (nSPS) is 21.1. The highest BCUT2D eigenvalue weighted by atomic mass is 35.5. The van der Waals surface area contributed by atoms with Crippen molar-refractivity contribution in [3.05, 3.63) is 47.0 Å². The van der Waals surface area contributed by atoms with Crippen molar-refractivity contribution in [2.24, 2.45) is 11.8 Å². The summed E-state index contributed by atoms with van der Waals surface area (Å²) >= 11 is 5.95. The van der Waals surface area contributed by atoms with Gasteiger partial charge >= 0.3 is 0 Å². The minimum atomic E-state index is -0.695. The number of halogens is 1. The molecule has 1 aliphatic heterocycles. The molecule has 0 radical (unpaired) electrons. The van der Waals surface area contributed by atoms with Crippen LogP contribution in [0.2, 0.25) is 5.02 Å². The summed E-state index contributed by atoms with van der Waals surface area (Å²) in [6.45, 7) is 4.20. The molecule has 1 aliphatic carbocycles. The van der Waals surface area contributed by atoms with E-state index in [4.69, 9.17) is 11.6 Å². The van der Waals surface area contributed by atoms with Gasteiger partial charge in [-0.25, -0.2) is 0 Å². The average molecular weight is 446 g/mol. The predicted molar refractivity (Wildman–Crippen MR) is 117 cm³/mol. The van der Waals surface area contributed by atoms with Crippen LogP contribution in [-0.2, 0) is 25.7 Å². The second kappa shape index (κ2) is 10.1. The number of nitrogens with one attached hydrogen (secondary N) is 1. The zero-order valence-corrected chi connectivity index (χ0v) is 18.6. The minimum absolute atomic E-state index is 0.0261. The second-order valence-corrected chi connectivity index (χ2v) is 8.39. The first-order valence-electron chi connectivity index (χ1n) is 10.6. The number of hydrogen-bond donors (Lipinski definition) is 1. The third-order valence-corrected chi connectivity index (χ3v) is 6.18. The minimum Gasteiger partial charge on any atom is -0.355 e. The molecule has 8 heteroatoms. The van der Waals surface area contributed by atoms with E-state index >= 15 is 0 Å². The van der Waals surface area contributed by atoms with Gasteiger partial charge in [0.1, 0.15) is 6.04 Å². The molecule has 31 heavy (non-hydrogen) atoms. The average Bonchev–Trinajstić information content (AvgIpc) is 3.01. The van der Waals surface area contributed by atoms with Gasteiger partial charge in [-0.1, -0.05) is 35.9 Å². The van der Waals surface area contributed by atoms with Crippen LogP contribution in [0, 0.1) is 11.8 Å². The van der Waals surface area contributed by atoms with Gasteiger partial charge in [0.25, 0.3) is 0 Å². The summed E-state index contributed by atoms with van der Waals surface area (Å²) in [6, 6.07) is 6.37. The third-order valence-electron chi connectivity index (χ3n) is 5.93. The monoisotopic (exact) mass is 445 g/mol. The van der Waals surface area contributed by atoms with Gasteiger partial charge < -0.3 is 10.2 Å². The van der Waals surface area contributed by atoms with E-state index in [1.165, 1.54) is 9.80 Å². The zero-order valence-electron chi connectivity index (χ0n) is 17.8. The van der Waals surface area contributed by atoms with E-state index < -0.39 is 6.04 Å². The summed E-state index contributed by atoms with van der Waals surface area (Å²) in [5.41, 5.74) is 0.833. The topological polar surface area (TPSA) is 86.8 Å². The van der Waals surface area contributed by atoms with E-state index in [0.717, 1.165) is 5.56 Å². The van der Waals surface area contributed by atoms with Crippen LogP contribution in [0.3, 0.4) is 0 Å². The lowest BCUT2D eigenvalue weighted by Gasteiger charge is -2.29. The Balaban J connectivity index is 1.70. The van der Waals surface area contributed by atoms with Crippen molar-refractivity contribution in [3.8, 4) is 0 Å². The number of likely N-dealkylation sites (tertiary alicyclic amines) is 1. The van der Waals surface area contributed by atoms with E-state index in [1.54, 1.807) is 31.2 Å². The SMILES string of the molecule is CCNC(=O)C(C)N(Cc1ccc(Cl)cc1)C(=O)CCN1C(=O)[C@H]2CC=CC[C@H]2C1=O. The van der Waals surface area contributed by atoms with Crippen LogP contribution >= 0.6 is 11.6 Å². The molecule has 0 bridgehead atoms. The van der Waals surface area contributed by atoms with Gasteiger partial charge in [-0.3, -0.25) is 24.1 Å². The lowest BCUT2D eigenvalue weighted by Crippen LogP contribution is -2.48. The first-order chi connectivity index (χ1) is 14.8. The van der Waals surface area contributed by atoms with E-state index in [1.807, 2.05) is 19.1 Å². The number of allylic oxidation sites excluding steroid dienone is 2. The Labute approximate surface area is 187 Å². The number of rotatable bonds is 8. The van der Waals surface area contributed by atoms with Crippen LogP contribution in [0.4, 0.5) is 0 Å². The molecule has 1 heterocycles. The van der Waals surface area contributed by atoms with Crippen LogP contribution in [0.25, 0.3) is 0 Å². The van der Waals surface area contributed by atoms with E-state index in [-0.39, 0.29) is 55.0 Å². The smallest absolute Gasteiger partial charge is 0.242 e. The van der Waals surface area contributed by atoms with Gasteiger partial charge in [0.15, 0.2) is 0 Å². The summed E-state index contributed by atoms with van der Waals surface area (Å²) in [7, 11) is 0. The lowest BCUT2D eigenvalue weighted by atomic mass is 9.85. The summed E-state index contributed by atoms with van der Waals surface area (Å²) in [4.78, 5) is 53.5. The zero-order chi connectivity index (χ0) is 22.5. The van der Waals surface area contributed by atoms with E-state index in [0.29, 0.717) is 24.4 Å². The molecule has 0 aromatic heterocycles. The fourth-order valence-corrected chi connectivity index (χ4v) is 4.26. The number of benzene rings is 1. The van der Waals surface area contributed by atoms with E-state index in [2.05, 4.69) is 5.32 Å². The van der Waals surface area contributed by atoms with Gasteiger partial charge in [0.2, 0.25) is 23.6 Å². The van der Waals surface area contributed by atoms with Gasteiger partial charge in [-0.05, 0) is 44.4 Å². The summed E-state index contributed by atoms with van der Waals surface area (Å²) in [5, 5.41) is 3.32. The fraction of sp³-hybridized carbons (Fsp3) is 0.478. The van der Waals surface area contributed by atoms with Gasteiger partial charge in [0.05, 0.1) is 11.8 Å². The predicted octanol–water partition coefficient (Wildman–Crippen LogP) is 2.53. The quantitative estimate of drug-likeness (QED) is 0.492. The number of nitrogens with zero attached hydrogens (tertiary/aromatic N) is 2. The highest BCUT2D eigenvalue weighted by Gasteiger charge is 2.47. The molecule has 1 fully saturated rings. The number of carbonyl (C=O) groups is 4. The van der Waals surface area contributed by atoms with Crippen LogP contribution in [0.5, 0.6) is 0 Å². The first-order valence-corrected chi connectivity index (χ1v) is 11.0. The number of amides is 4. The third kappa shape index (κ3) is 5.15. The summed E-state index contributed by atoms with van der Waals surface area (Å²) < 4.78 is 0. The number of hydrogen-bond acceptors (Lipinski definition) is 4. The van der Waals surface area contributed by atoms with Crippen molar-refractivity contribution in [1.29, 1.82) is 0 Å². The largest absolute Gasteiger partial charge is 0.355 e. The summed E-state index contributed by atoms with van der Waals surface area (Å²) in [6.07, 6.45) is 4.97. The Hall–Kier alpha value is -2.67. The molecule has 3 rings (SSSR count). The molecule has 2 aliphatic rings. The Bertz CT molecular complexity index is 857. The highest BCUT2D eigenvalue weighted by Crippen LogP contribution is 2.35. The molecule has 0 saturated carbocycles. The van der Waals surface area contributed by atoms with Crippen LogP contribution in [0.15, 0.2) is 36.4 Å². The molecular weight excluding hydrogens is 418 g/mol. The van der Waals surface area contributed by atoms with Gasteiger partial charge in [-0.15, -0.1) is 0 Å². The van der Waals surface area contributed by atoms with Crippen LogP contribution in [0.1, 0.15) is 38.7 Å². The van der Waals surface area contributed by atoms with Crippen molar-refractivity contribution in [1.82, 2.24) is 15.1 Å². The summed E-state index contributed by atoms with van der Waals surface area (Å²) in [5.74, 6) is -1.57. The maximum absolute atomic E-state index is 13.1. The Kier molecular flexibility index (Phi) is 7.49. The van der Waals surface area contributed by atoms with Crippen molar-refractivity contribution in [2.75, 3.05) is 13.1 Å². The van der Waals surface area contributed by atoms with Gasteiger partial charge in [0, 0.05) is 31.1 Å². The number of carbonyl (C=O) groups excluding carboxylic acids is 4. The molecule has 7 nitrogen and oxygen atoms in total. The van der Waals surface area contributed by atoms with Crippen molar-refractivity contribution in [3.63, 3.8) is 0 Å². The number of likely N-dealkylation sites (N-methyl/N-ethyl adjacent to an activating group) is 1. The van der Waals surface area contributed by atoms with Crippen LogP contribution in [-0.4, -0.2) is 52.6 Å². The Morgan fingerprint density at radius 2 is 1.71 bits per heavy atom. The number of imide groups is 1. The van der Waals surface area contributed by atoms with Crippen molar-refractivity contribution in [2.45, 2.75) is 45.7 Å². The Morgan fingerprint density at radius 3 is 2.26 bits per heavy atom. The van der Waals surface area contributed by atoms with Crippen LogP contribution < -0.4 is 5.32 Å². The Morgan fingerprint density at radius 1 is 1.13 bits per heavy atom. The highest BCUT2D eigenvalue weighted by molar-refractivity contribution is 6.30. The molecule has 3 atom stereocenters. The lowest BCUT2D eigenvalue weighted by molar-refractivity contribution is -0.143.